The van der Waals surface area contributed by atoms with E-state index in [1.165, 1.54) is 11.0 Å². The molecular weight excluding hydrogens is 783 g/mol. The molecule has 59 heavy (non-hydrogen) atoms. The maximum Gasteiger partial charge on any atom is 0.408 e. The Bertz CT molecular complexity index is 2460. The molecule has 1 saturated heterocycles. The lowest BCUT2D eigenvalue weighted by molar-refractivity contribution is -0.141. The highest BCUT2D eigenvalue weighted by molar-refractivity contribution is 7.91. The summed E-state index contributed by atoms with van der Waals surface area (Å²) in [4.78, 5) is 62.2. The van der Waals surface area contributed by atoms with Crippen LogP contribution < -0.4 is 29.6 Å². The Hall–Kier alpha value is -5.58. The van der Waals surface area contributed by atoms with Crippen LogP contribution in [0.15, 0.2) is 53.5 Å². The third-order valence-electron chi connectivity index (χ3n) is 11.9. The Labute approximate surface area is 341 Å². The monoisotopic (exact) mass is 831 g/mol. The molecule has 314 valence electrons. The van der Waals surface area contributed by atoms with E-state index in [0.717, 1.165) is 25.7 Å². The van der Waals surface area contributed by atoms with Gasteiger partial charge in [0, 0.05) is 23.8 Å². The molecule has 4 amide bonds. The van der Waals surface area contributed by atoms with Gasteiger partial charge in [-0.15, -0.1) is 6.58 Å². The molecule has 3 N–H and O–H groups in total. The molecule has 17 heteroatoms. The fourth-order valence-corrected chi connectivity index (χ4v) is 9.67. The minimum atomic E-state index is -3.93. The van der Waals surface area contributed by atoms with E-state index in [1.54, 1.807) is 58.4 Å². The van der Waals surface area contributed by atoms with Gasteiger partial charge in [-0.05, 0) is 81.2 Å². The number of carbonyl (C=O) groups excluding carboxylic acids is 4. The Kier molecular flexibility index (Phi) is 10.6. The number of amides is 4. The van der Waals surface area contributed by atoms with E-state index < -0.39 is 74.7 Å². The number of hydrogen-bond donors (Lipinski definition) is 3. The first kappa shape index (κ1) is 40.2. The lowest BCUT2D eigenvalue weighted by Gasteiger charge is -2.31. The van der Waals surface area contributed by atoms with E-state index in [9.17, 15) is 27.6 Å². The summed E-state index contributed by atoms with van der Waals surface area (Å²) in [6.45, 7) is 7.27. The lowest BCUT2D eigenvalue weighted by atomic mass is 10.0. The van der Waals surface area contributed by atoms with Gasteiger partial charge in [0.15, 0.2) is 11.3 Å². The zero-order chi connectivity index (χ0) is 41.8. The molecule has 1 aliphatic heterocycles. The van der Waals surface area contributed by atoms with Gasteiger partial charge in [0.1, 0.15) is 52.4 Å². The Morgan fingerprint density at radius 2 is 1.69 bits per heavy atom. The van der Waals surface area contributed by atoms with Crippen LogP contribution >= 0.6 is 0 Å². The third kappa shape index (κ3) is 7.72. The summed E-state index contributed by atoms with van der Waals surface area (Å²) in [7, 11) is -0.813. The van der Waals surface area contributed by atoms with Gasteiger partial charge in [0.05, 0.1) is 36.9 Å². The van der Waals surface area contributed by atoms with Gasteiger partial charge >= 0.3 is 6.09 Å². The largest absolute Gasteiger partial charge is 0.497 e. The average molecular weight is 832 g/mol. The number of benzene rings is 2. The lowest BCUT2D eigenvalue weighted by Crippen LogP contribution is -2.59. The predicted octanol–water partition coefficient (Wildman–Crippen LogP) is 4.86. The van der Waals surface area contributed by atoms with Crippen molar-refractivity contribution in [1.29, 1.82) is 0 Å². The van der Waals surface area contributed by atoms with Crippen LogP contribution in [0.25, 0.3) is 33.0 Å². The van der Waals surface area contributed by atoms with Crippen molar-refractivity contribution < 1.29 is 51.0 Å². The maximum absolute atomic E-state index is 14.6. The van der Waals surface area contributed by atoms with Crippen molar-refractivity contribution in [2.75, 3.05) is 20.8 Å². The van der Waals surface area contributed by atoms with Crippen LogP contribution in [0.3, 0.4) is 0 Å². The second kappa shape index (κ2) is 15.5. The van der Waals surface area contributed by atoms with E-state index in [4.69, 9.17) is 28.3 Å². The molecule has 4 fully saturated rings. The molecule has 2 aromatic carbocycles. The number of aromatic nitrogens is 1. The number of nitrogens with one attached hydrogen (secondary N) is 3. The smallest absolute Gasteiger partial charge is 0.408 e. The first-order valence-electron chi connectivity index (χ1n) is 20.1. The maximum atomic E-state index is 14.6. The standard InChI is InChI=1S/C42H49N5O11S/c1-6-23-20-42(23,40(50)46-59(52,53)28-13-14-28)45-38(48)32-19-27(21-47(32)39(49)34(22(2)3)44-41(51)57-24-9-7-8-10-24)56-36-29-15-11-26(55-5)18-31(29)43-35-30-17-25(54-4)12-16-33(30)58-37(35)36/h6,11-12,15-18,22-24,27-28,32,34H,1,7-10,13-14,19-21H2,2-5H3,(H,44,51)(H,45,48)(H,46,50)/t23-,27-,32+,34+,42-/m1/s1. The van der Waals surface area contributed by atoms with Crippen molar-refractivity contribution >= 4 is 66.8 Å². The molecule has 4 aromatic rings. The summed E-state index contributed by atoms with van der Waals surface area (Å²) in [5.74, 6) is -1.56. The van der Waals surface area contributed by atoms with Crippen LogP contribution in [-0.4, -0.2) is 98.0 Å². The van der Waals surface area contributed by atoms with Crippen molar-refractivity contribution in [3.05, 3.63) is 49.1 Å². The van der Waals surface area contributed by atoms with Gasteiger partial charge in [-0.2, -0.15) is 0 Å². The summed E-state index contributed by atoms with van der Waals surface area (Å²) in [6, 6.07) is 8.41. The normalized spacial score (nSPS) is 23.6. The van der Waals surface area contributed by atoms with Crippen molar-refractivity contribution in [1.82, 2.24) is 25.2 Å². The fraction of sp³-hybridized carbons (Fsp3) is 0.500. The minimum Gasteiger partial charge on any atom is -0.497 e. The van der Waals surface area contributed by atoms with Gasteiger partial charge in [-0.3, -0.25) is 19.1 Å². The van der Waals surface area contributed by atoms with Gasteiger partial charge in [-0.25, -0.2) is 18.2 Å². The zero-order valence-electron chi connectivity index (χ0n) is 33.4. The molecule has 3 aliphatic carbocycles. The molecule has 16 nitrogen and oxygen atoms in total. The Morgan fingerprint density at radius 3 is 2.36 bits per heavy atom. The number of hydrogen-bond acceptors (Lipinski definition) is 12. The fourth-order valence-electron chi connectivity index (χ4n) is 8.31. The molecule has 0 unspecified atom stereocenters. The molecule has 0 radical (unpaired) electrons. The first-order chi connectivity index (χ1) is 28.2. The molecule has 5 atom stereocenters. The quantitative estimate of drug-likeness (QED) is 0.146. The average Bonchev–Trinajstić information content (AvgIpc) is 4.04. The number of nitrogens with zero attached hydrogens (tertiary/aromatic N) is 2. The SMILES string of the molecule is C=C[C@@H]1C[C@]1(NC(=O)[C@@H]1C[C@@H](Oc2c3ccc(OC)cc3nc3c2oc2ccc(OC)cc23)CN1C(=O)[C@@H](NC(=O)OC1CCCC1)C(C)C)C(=O)NS(=O)(=O)C1CC1. The number of sulfonamides is 1. The third-order valence-corrected chi connectivity index (χ3v) is 13.7. The molecule has 0 spiro atoms. The number of furan rings is 1. The molecule has 2 aromatic heterocycles. The number of carbonyl (C=O) groups is 4. The number of methoxy groups -OCH3 is 2. The molecular formula is C42H49N5O11S. The number of ether oxygens (including phenoxy) is 4. The Morgan fingerprint density at radius 1 is 0.983 bits per heavy atom. The highest BCUT2D eigenvalue weighted by Gasteiger charge is 2.62. The topological polar surface area (TPSA) is 205 Å². The van der Waals surface area contributed by atoms with Crippen molar-refractivity contribution in [3.63, 3.8) is 0 Å². The highest BCUT2D eigenvalue weighted by Crippen LogP contribution is 2.46. The van der Waals surface area contributed by atoms with E-state index in [-0.39, 0.29) is 25.5 Å². The van der Waals surface area contributed by atoms with Crippen molar-refractivity contribution in [2.24, 2.45) is 11.8 Å². The summed E-state index contributed by atoms with van der Waals surface area (Å²) >= 11 is 0. The van der Waals surface area contributed by atoms with Crippen molar-refractivity contribution in [3.8, 4) is 17.2 Å². The van der Waals surface area contributed by atoms with Crippen LogP contribution in [0.1, 0.15) is 65.2 Å². The minimum absolute atomic E-state index is 0.0265. The molecule has 4 aliphatic rings. The van der Waals surface area contributed by atoms with Crippen LogP contribution in [0.4, 0.5) is 4.79 Å². The van der Waals surface area contributed by atoms with Crippen LogP contribution in [0, 0.1) is 11.8 Å². The summed E-state index contributed by atoms with van der Waals surface area (Å²) in [6.07, 6.45) is 4.10. The Balaban J connectivity index is 1.14. The van der Waals surface area contributed by atoms with E-state index in [1.807, 2.05) is 6.07 Å². The van der Waals surface area contributed by atoms with E-state index >= 15 is 0 Å². The zero-order valence-corrected chi connectivity index (χ0v) is 34.3. The number of alkyl carbamates (subject to hydrolysis) is 1. The summed E-state index contributed by atoms with van der Waals surface area (Å²) in [5, 5.41) is 6.17. The number of pyridine rings is 1. The first-order valence-corrected chi connectivity index (χ1v) is 21.6. The van der Waals surface area contributed by atoms with E-state index in [2.05, 4.69) is 21.9 Å². The number of fused-ring (bicyclic) bond motifs is 4. The van der Waals surface area contributed by atoms with Crippen LogP contribution in [0.5, 0.6) is 17.2 Å². The molecule has 3 saturated carbocycles. The van der Waals surface area contributed by atoms with Crippen molar-refractivity contribution in [2.45, 2.75) is 100 Å². The number of rotatable bonds is 14. The molecule has 8 rings (SSSR count). The predicted molar refractivity (Wildman–Crippen MR) is 216 cm³/mol. The van der Waals surface area contributed by atoms with Crippen LogP contribution in [-0.2, 0) is 29.1 Å². The van der Waals surface area contributed by atoms with Gasteiger partial charge < -0.3 is 38.9 Å². The summed E-state index contributed by atoms with van der Waals surface area (Å²) < 4.78 is 57.6. The number of likely N-dealkylation sites (tertiary alicyclic amines) is 1. The van der Waals surface area contributed by atoms with Gasteiger partial charge in [0.25, 0.3) is 5.91 Å². The second-order valence-corrected chi connectivity index (χ2v) is 18.3. The van der Waals surface area contributed by atoms with E-state index in [0.29, 0.717) is 63.1 Å². The second-order valence-electron chi connectivity index (χ2n) is 16.3. The van der Waals surface area contributed by atoms with Crippen LogP contribution in [0.2, 0.25) is 0 Å². The molecule has 3 heterocycles. The van der Waals surface area contributed by atoms with Gasteiger partial charge in [0.2, 0.25) is 21.8 Å². The van der Waals surface area contributed by atoms with Gasteiger partial charge in [-0.1, -0.05) is 19.9 Å². The highest BCUT2D eigenvalue weighted by atomic mass is 32.2. The summed E-state index contributed by atoms with van der Waals surface area (Å²) in [5.41, 5.74) is 0.327. The molecule has 0 bridgehead atoms.